The first-order chi connectivity index (χ1) is 14.0. The Morgan fingerprint density at radius 2 is 1.90 bits per heavy atom. The lowest BCUT2D eigenvalue weighted by molar-refractivity contribution is -0.172. The third-order valence-electron chi connectivity index (χ3n) is 6.77. The van der Waals surface area contributed by atoms with Crippen LogP contribution in [0.15, 0.2) is 34.9 Å². The van der Waals surface area contributed by atoms with Gasteiger partial charge in [-0.25, -0.2) is 9.59 Å². The van der Waals surface area contributed by atoms with Gasteiger partial charge in [0.25, 0.3) is 0 Å². The Kier molecular flexibility index (Phi) is 4.70. The van der Waals surface area contributed by atoms with E-state index in [-0.39, 0.29) is 11.7 Å². The molecule has 2 aliphatic heterocycles. The molecule has 0 bridgehead atoms. The van der Waals surface area contributed by atoms with Crippen LogP contribution in [0, 0.1) is 11.8 Å². The van der Waals surface area contributed by atoms with E-state index in [1.165, 1.54) is 6.92 Å². The number of hydrogen-bond donors (Lipinski definition) is 1. The number of epoxide rings is 1. The maximum Gasteiger partial charge on any atom is 0.341 e. The Balaban J connectivity index is 1.83. The molecule has 30 heavy (non-hydrogen) atoms. The van der Waals surface area contributed by atoms with Crippen LogP contribution < -0.4 is 0 Å². The number of carbonyl (C=O) groups excluding carboxylic acids is 3. The predicted molar refractivity (Wildman–Crippen MR) is 103 cm³/mol. The summed E-state index contributed by atoms with van der Waals surface area (Å²) in [6.45, 7) is 12.1. The molecular formula is C22H26O8. The van der Waals surface area contributed by atoms with E-state index in [1.807, 2.05) is 6.92 Å². The van der Waals surface area contributed by atoms with E-state index in [9.17, 15) is 19.5 Å². The summed E-state index contributed by atoms with van der Waals surface area (Å²) >= 11 is 0. The number of aliphatic hydroxyl groups excluding tert-OH is 1. The van der Waals surface area contributed by atoms with E-state index < -0.39 is 59.8 Å². The Morgan fingerprint density at radius 3 is 2.47 bits per heavy atom. The summed E-state index contributed by atoms with van der Waals surface area (Å²) < 4.78 is 22.5. The lowest BCUT2D eigenvalue weighted by Crippen LogP contribution is -2.46. The van der Waals surface area contributed by atoms with Gasteiger partial charge < -0.3 is 24.1 Å². The topological polar surface area (TPSA) is 112 Å². The molecule has 2 saturated heterocycles. The molecule has 4 rings (SSSR count). The van der Waals surface area contributed by atoms with E-state index >= 15 is 0 Å². The third-order valence-corrected chi connectivity index (χ3v) is 6.77. The first kappa shape index (κ1) is 20.8. The monoisotopic (exact) mass is 418 g/mol. The maximum absolute atomic E-state index is 12.9. The van der Waals surface area contributed by atoms with Crippen molar-refractivity contribution in [1.82, 2.24) is 0 Å². The molecule has 0 aromatic carbocycles. The van der Waals surface area contributed by atoms with Gasteiger partial charge in [0, 0.05) is 18.4 Å². The van der Waals surface area contributed by atoms with Crippen LogP contribution in [0.25, 0.3) is 0 Å². The van der Waals surface area contributed by atoms with Gasteiger partial charge in [0.05, 0.1) is 18.1 Å². The number of esters is 3. The molecule has 4 aliphatic rings. The van der Waals surface area contributed by atoms with Crippen LogP contribution in [0.3, 0.4) is 0 Å². The standard InChI is InChI=1S/C22H26O8/c1-8-7-13(24)15-9(2)17(27-12(5)23)19(29-21(26)22(6)11(4)30-22)16-10(3)20(25)28-18(16)14(8)15/h7,11,13-14,16-19,24H,3H2,1-2,4-6H3/t11-,13+,14+,16+,17-,18-,19-,22+/m1/s1. The summed E-state index contributed by atoms with van der Waals surface area (Å²) in [5, 5.41) is 10.7. The molecule has 1 N–H and O–H groups in total. The van der Waals surface area contributed by atoms with Crippen LogP contribution >= 0.6 is 0 Å². The highest BCUT2D eigenvalue weighted by atomic mass is 16.7. The van der Waals surface area contributed by atoms with Gasteiger partial charge >= 0.3 is 17.9 Å². The van der Waals surface area contributed by atoms with Crippen molar-refractivity contribution in [3.05, 3.63) is 34.9 Å². The number of ether oxygens (including phenoxy) is 4. The Bertz CT molecular complexity index is 914. The van der Waals surface area contributed by atoms with Gasteiger partial charge in [0.2, 0.25) is 0 Å². The largest absolute Gasteiger partial charge is 0.457 e. The minimum Gasteiger partial charge on any atom is -0.457 e. The van der Waals surface area contributed by atoms with Crippen molar-refractivity contribution in [1.29, 1.82) is 0 Å². The first-order valence-corrected chi connectivity index (χ1v) is 10.00. The summed E-state index contributed by atoms with van der Waals surface area (Å²) in [5.74, 6) is -2.94. The third kappa shape index (κ3) is 2.93. The summed E-state index contributed by atoms with van der Waals surface area (Å²) in [4.78, 5) is 37.3. The van der Waals surface area contributed by atoms with Crippen LogP contribution in [0.4, 0.5) is 0 Å². The second-order valence-corrected chi connectivity index (χ2v) is 8.66. The molecule has 2 heterocycles. The SMILES string of the molecule is C=C1C(=O)O[C@@H]2[C@H]3C(C)=C[C@H](O)C3=C(C)[C@@H](OC(C)=O)[C@H](OC(=O)[C@@]3(C)O[C@@H]3C)[C@@H]12. The highest BCUT2D eigenvalue weighted by Gasteiger charge is 2.61. The number of hydrogen-bond acceptors (Lipinski definition) is 8. The van der Waals surface area contributed by atoms with Crippen LogP contribution in [-0.4, -0.2) is 59.1 Å². The van der Waals surface area contributed by atoms with E-state index in [0.29, 0.717) is 11.1 Å². The summed E-state index contributed by atoms with van der Waals surface area (Å²) in [6.07, 6.45) is -2.32. The average Bonchev–Trinajstić information content (AvgIpc) is 3.05. The lowest BCUT2D eigenvalue weighted by Gasteiger charge is -2.32. The Morgan fingerprint density at radius 1 is 1.27 bits per heavy atom. The van der Waals surface area contributed by atoms with Crippen molar-refractivity contribution in [2.75, 3.05) is 0 Å². The van der Waals surface area contributed by atoms with E-state index in [1.54, 1.807) is 26.8 Å². The van der Waals surface area contributed by atoms with Crippen molar-refractivity contribution in [2.24, 2.45) is 11.8 Å². The van der Waals surface area contributed by atoms with Gasteiger partial charge in [-0.2, -0.15) is 0 Å². The van der Waals surface area contributed by atoms with E-state index in [0.717, 1.165) is 5.57 Å². The molecule has 0 aromatic rings. The molecular weight excluding hydrogens is 392 g/mol. The Hall–Kier alpha value is -2.45. The Labute approximate surface area is 174 Å². The van der Waals surface area contributed by atoms with Gasteiger partial charge in [-0.1, -0.05) is 18.2 Å². The van der Waals surface area contributed by atoms with Crippen molar-refractivity contribution >= 4 is 17.9 Å². The molecule has 0 amide bonds. The van der Waals surface area contributed by atoms with Gasteiger partial charge in [0.15, 0.2) is 17.8 Å². The number of rotatable bonds is 3. The van der Waals surface area contributed by atoms with Crippen LogP contribution in [0.2, 0.25) is 0 Å². The normalized spacial score (nSPS) is 42.1. The fourth-order valence-corrected chi connectivity index (χ4v) is 4.91. The van der Waals surface area contributed by atoms with Crippen LogP contribution in [0.5, 0.6) is 0 Å². The predicted octanol–water partition coefficient (Wildman–Crippen LogP) is 1.37. The molecule has 8 nitrogen and oxygen atoms in total. The molecule has 2 fully saturated rings. The molecule has 0 spiro atoms. The molecule has 8 atom stereocenters. The minimum atomic E-state index is -1.10. The molecule has 0 unspecified atom stereocenters. The second kappa shape index (κ2) is 6.78. The first-order valence-electron chi connectivity index (χ1n) is 10.00. The molecule has 162 valence electrons. The fraction of sp³-hybridized carbons (Fsp3) is 0.591. The van der Waals surface area contributed by atoms with Gasteiger partial charge in [-0.3, -0.25) is 4.79 Å². The van der Waals surface area contributed by atoms with Crippen LogP contribution in [-0.2, 0) is 33.3 Å². The zero-order chi connectivity index (χ0) is 22.1. The average molecular weight is 418 g/mol. The van der Waals surface area contributed by atoms with Crippen molar-refractivity contribution in [3.8, 4) is 0 Å². The summed E-state index contributed by atoms with van der Waals surface area (Å²) in [6, 6.07) is 0. The quantitative estimate of drug-likeness (QED) is 0.241. The number of carbonyl (C=O) groups is 3. The van der Waals surface area contributed by atoms with Crippen molar-refractivity contribution in [2.45, 2.75) is 70.7 Å². The zero-order valence-corrected chi connectivity index (χ0v) is 17.6. The number of aliphatic hydroxyl groups is 1. The smallest absolute Gasteiger partial charge is 0.341 e. The fourth-order valence-electron chi connectivity index (χ4n) is 4.91. The second-order valence-electron chi connectivity index (χ2n) is 8.66. The highest BCUT2D eigenvalue weighted by Crippen LogP contribution is 2.50. The molecule has 0 aromatic heterocycles. The summed E-state index contributed by atoms with van der Waals surface area (Å²) in [5.41, 5.74) is 1.04. The van der Waals surface area contributed by atoms with E-state index in [2.05, 4.69) is 6.58 Å². The van der Waals surface area contributed by atoms with Gasteiger partial charge in [-0.05, 0) is 38.8 Å². The maximum atomic E-state index is 12.9. The molecule has 0 saturated carbocycles. The van der Waals surface area contributed by atoms with Crippen molar-refractivity contribution < 1.29 is 38.4 Å². The molecule has 2 aliphatic carbocycles. The van der Waals surface area contributed by atoms with Crippen molar-refractivity contribution in [3.63, 3.8) is 0 Å². The molecule has 8 heteroatoms. The zero-order valence-electron chi connectivity index (χ0n) is 17.6. The van der Waals surface area contributed by atoms with Gasteiger partial charge in [0.1, 0.15) is 6.10 Å². The lowest BCUT2D eigenvalue weighted by atomic mass is 9.81. The van der Waals surface area contributed by atoms with Crippen LogP contribution in [0.1, 0.15) is 34.6 Å². The number of fused-ring (bicyclic) bond motifs is 3. The van der Waals surface area contributed by atoms with Gasteiger partial charge in [-0.15, -0.1) is 0 Å². The molecule has 0 radical (unpaired) electrons. The highest BCUT2D eigenvalue weighted by molar-refractivity contribution is 5.91. The minimum absolute atomic E-state index is 0.146. The summed E-state index contributed by atoms with van der Waals surface area (Å²) in [7, 11) is 0. The van der Waals surface area contributed by atoms with E-state index in [4.69, 9.17) is 18.9 Å².